The summed E-state index contributed by atoms with van der Waals surface area (Å²) in [6.07, 6.45) is 2.82. The number of carbonyl (C=O) groups is 2. The van der Waals surface area contributed by atoms with Gasteiger partial charge in [0, 0.05) is 24.2 Å². The fourth-order valence-corrected chi connectivity index (χ4v) is 3.46. The third kappa shape index (κ3) is 4.11. The number of carbonyl (C=O) groups excluding carboxylic acids is 2. The van der Waals surface area contributed by atoms with Gasteiger partial charge in [-0.05, 0) is 12.5 Å². The number of thiazole rings is 1. The summed E-state index contributed by atoms with van der Waals surface area (Å²) in [5.41, 5.74) is 0.269. The number of hydrogen-bond donors (Lipinski definition) is 1. The van der Waals surface area contributed by atoms with E-state index in [9.17, 15) is 14.4 Å². The lowest BCUT2D eigenvalue weighted by Gasteiger charge is -2.10. The molecule has 0 radical (unpaired) electrons. The molecule has 1 aromatic carbocycles. The summed E-state index contributed by atoms with van der Waals surface area (Å²) >= 11 is 1.17. The molecule has 0 atom stereocenters. The SMILES string of the molecule is CCCCCn1nc(C(=O)Nc2nc(C(C)=O)cs2)c2ccccc2c1=O. The average molecular weight is 384 g/mol. The average Bonchev–Trinajstić information content (AvgIpc) is 3.12. The summed E-state index contributed by atoms with van der Waals surface area (Å²) in [5, 5.41) is 9.85. The van der Waals surface area contributed by atoms with Crippen molar-refractivity contribution in [2.75, 3.05) is 5.32 Å². The van der Waals surface area contributed by atoms with Gasteiger partial charge in [0.1, 0.15) is 5.69 Å². The predicted molar refractivity (Wildman–Crippen MR) is 106 cm³/mol. The van der Waals surface area contributed by atoms with Gasteiger partial charge in [0.25, 0.3) is 11.5 Å². The van der Waals surface area contributed by atoms with Crippen molar-refractivity contribution in [3.63, 3.8) is 0 Å². The monoisotopic (exact) mass is 384 g/mol. The Labute approximate surface area is 160 Å². The van der Waals surface area contributed by atoms with Crippen molar-refractivity contribution in [2.45, 2.75) is 39.7 Å². The first kappa shape index (κ1) is 18.9. The molecule has 1 amide bonds. The number of hydrogen-bond acceptors (Lipinski definition) is 6. The molecular weight excluding hydrogens is 364 g/mol. The maximum absolute atomic E-state index is 12.8. The Morgan fingerprint density at radius 3 is 2.59 bits per heavy atom. The van der Waals surface area contributed by atoms with Crippen LogP contribution in [0.25, 0.3) is 10.8 Å². The summed E-state index contributed by atoms with van der Waals surface area (Å²) < 4.78 is 1.36. The number of unbranched alkanes of at least 4 members (excludes halogenated alkanes) is 2. The van der Waals surface area contributed by atoms with Crippen molar-refractivity contribution in [1.29, 1.82) is 0 Å². The minimum atomic E-state index is -0.458. The number of nitrogens with zero attached hydrogens (tertiary/aromatic N) is 3. The summed E-state index contributed by atoms with van der Waals surface area (Å²) in [6, 6.07) is 6.93. The van der Waals surface area contributed by atoms with Crippen LogP contribution in [0.1, 0.15) is 54.1 Å². The quantitative estimate of drug-likeness (QED) is 0.497. The van der Waals surface area contributed by atoms with Gasteiger partial charge in [0.2, 0.25) is 0 Å². The highest BCUT2D eigenvalue weighted by Gasteiger charge is 2.18. The number of ketones is 1. The van der Waals surface area contributed by atoms with Crippen LogP contribution in [-0.2, 0) is 6.54 Å². The van der Waals surface area contributed by atoms with Crippen LogP contribution in [0.15, 0.2) is 34.4 Å². The van der Waals surface area contributed by atoms with E-state index in [1.54, 1.807) is 29.6 Å². The molecule has 7 nitrogen and oxygen atoms in total. The molecule has 0 aliphatic rings. The van der Waals surface area contributed by atoms with E-state index in [2.05, 4.69) is 22.3 Å². The molecule has 0 saturated carbocycles. The highest BCUT2D eigenvalue weighted by molar-refractivity contribution is 7.14. The number of aryl methyl sites for hydroxylation is 1. The Morgan fingerprint density at radius 2 is 1.93 bits per heavy atom. The van der Waals surface area contributed by atoms with Crippen molar-refractivity contribution < 1.29 is 9.59 Å². The number of fused-ring (bicyclic) bond motifs is 1. The van der Waals surface area contributed by atoms with Gasteiger partial charge in [-0.1, -0.05) is 38.0 Å². The third-order valence-corrected chi connectivity index (χ3v) is 4.90. The lowest BCUT2D eigenvalue weighted by Crippen LogP contribution is -2.27. The van der Waals surface area contributed by atoms with Crippen LogP contribution in [0, 0.1) is 0 Å². The molecule has 0 aliphatic heterocycles. The van der Waals surface area contributed by atoms with E-state index in [4.69, 9.17) is 0 Å². The van der Waals surface area contributed by atoms with Gasteiger partial charge in [-0.25, -0.2) is 9.67 Å². The molecule has 0 unspecified atom stereocenters. The van der Waals surface area contributed by atoms with Crippen LogP contribution in [0.2, 0.25) is 0 Å². The van der Waals surface area contributed by atoms with Gasteiger partial charge in [-0.15, -0.1) is 11.3 Å². The number of rotatable bonds is 7. The van der Waals surface area contributed by atoms with Crippen molar-refractivity contribution in [2.24, 2.45) is 0 Å². The van der Waals surface area contributed by atoms with Gasteiger partial charge < -0.3 is 0 Å². The minimum absolute atomic E-state index is 0.167. The predicted octanol–water partition coefficient (Wildman–Crippen LogP) is 3.50. The second-order valence-electron chi connectivity index (χ2n) is 6.18. The first-order valence-corrected chi connectivity index (χ1v) is 9.67. The fraction of sp³-hybridized carbons (Fsp3) is 0.316. The molecule has 0 fully saturated rings. The number of benzene rings is 1. The van der Waals surface area contributed by atoms with Crippen LogP contribution in [0.5, 0.6) is 0 Å². The Morgan fingerprint density at radius 1 is 1.19 bits per heavy atom. The van der Waals surface area contributed by atoms with Gasteiger partial charge in [-0.2, -0.15) is 5.10 Å². The highest BCUT2D eigenvalue weighted by Crippen LogP contribution is 2.19. The highest BCUT2D eigenvalue weighted by atomic mass is 32.1. The molecule has 140 valence electrons. The van der Waals surface area contributed by atoms with Crippen LogP contribution in [0.4, 0.5) is 5.13 Å². The van der Waals surface area contributed by atoms with E-state index >= 15 is 0 Å². The molecule has 1 N–H and O–H groups in total. The number of Topliss-reactive ketones (excluding diaryl/α,β-unsaturated/α-hetero) is 1. The molecule has 3 aromatic rings. The fourth-order valence-electron chi connectivity index (χ4n) is 2.72. The zero-order valence-corrected chi connectivity index (χ0v) is 16.0. The normalized spacial score (nSPS) is 10.9. The standard InChI is InChI=1S/C19H20N4O3S/c1-3-4-7-10-23-18(26)14-9-6-5-8-13(14)16(22-23)17(25)21-19-20-15(11-27-19)12(2)24/h5-6,8-9,11H,3-4,7,10H2,1-2H3,(H,20,21,25). The first-order chi connectivity index (χ1) is 13.0. The molecule has 8 heteroatoms. The van der Waals surface area contributed by atoms with E-state index in [0.717, 1.165) is 19.3 Å². The maximum atomic E-state index is 12.8. The van der Waals surface area contributed by atoms with E-state index < -0.39 is 5.91 Å². The van der Waals surface area contributed by atoms with Crippen LogP contribution in [0.3, 0.4) is 0 Å². The maximum Gasteiger partial charge on any atom is 0.278 e. The number of anilines is 1. The van der Waals surface area contributed by atoms with Crippen molar-refractivity contribution >= 4 is 38.9 Å². The van der Waals surface area contributed by atoms with Gasteiger partial charge in [-0.3, -0.25) is 19.7 Å². The Hall–Kier alpha value is -2.87. The first-order valence-electron chi connectivity index (χ1n) is 8.79. The van der Waals surface area contributed by atoms with E-state index in [1.165, 1.54) is 22.9 Å². The molecule has 0 spiro atoms. The van der Waals surface area contributed by atoms with E-state index in [0.29, 0.717) is 28.1 Å². The Balaban J connectivity index is 1.98. The summed E-state index contributed by atoms with van der Waals surface area (Å²) in [5.74, 6) is -0.625. The van der Waals surface area contributed by atoms with Crippen LogP contribution in [-0.4, -0.2) is 26.5 Å². The van der Waals surface area contributed by atoms with Gasteiger partial charge in [0.05, 0.1) is 5.39 Å². The molecule has 27 heavy (non-hydrogen) atoms. The second-order valence-corrected chi connectivity index (χ2v) is 7.04. The second kappa shape index (κ2) is 8.22. The largest absolute Gasteiger partial charge is 0.296 e. The van der Waals surface area contributed by atoms with Crippen molar-refractivity contribution in [3.8, 4) is 0 Å². The number of aromatic nitrogens is 3. The Kier molecular flexibility index (Phi) is 5.75. The summed E-state index contributed by atoms with van der Waals surface area (Å²) in [7, 11) is 0. The summed E-state index contributed by atoms with van der Waals surface area (Å²) in [4.78, 5) is 40.9. The van der Waals surface area contributed by atoms with Gasteiger partial charge >= 0.3 is 0 Å². The van der Waals surface area contributed by atoms with Crippen molar-refractivity contribution in [1.82, 2.24) is 14.8 Å². The molecule has 0 saturated heterocycles. The molecule has 0 aliphatic carbocycles. The van der Waals surface area contributed by atoms with E-state index in [1.807, 2.05) is 0 Å². The lowest BCUT2D eigenvalue weighted by molar-refractivity contribution is 0.100. The van der Waals surface area contributed by atoms with Gasteiger partial charge in [0.15, 0.2) is 16.6 Å². The number of nitrogens with one attached hydrogen (secondary N) is 1. The topological polar surface area (TPSA) is 93.9 Å². The molecule has 2 aromatic heterocycles. The third-order valence-electron chi connectivity index (χ3n) is 4.14. The molecular formula is C19H20N4O3S. The Bertz CT molecular complexity index is 1050. The molecule has 3 rings (SSSR count). The number of amides is 1. The zero-order chi connectivity index (χ0) is 19.4. The van der Waals surface area contributed by atoms with Crippen LogP contribution < -0.4 is 10.9 Å². The van der Waals surface area contributed by atoms with E-state index in [-0.39, 0.29) is 17.0 Å². The minimum Gasteiger partial charge on any atom is -0.296 e. The smallest absolute Gasteiger partial charge is 0.278 e. The van der Waals surface area contributed by atoms with Crippen molar-refractivity contribution in [3.05, 3.63) is 51.4 Å². The van der Waals surface area contributed by atoms with Crippen LogP contribution >= 0.6 is 11.3 Å². The summed E-state index contributed by atoms with van der Waals surface area (Å²) in [6.45, 7) is 3.96. The zero-order valence-electron chi connectivity index (χ0n) is 15.2. The molecule has 0 bridgehead atoms. The lowest BCUT2D eigenvalue weighted by atomic mass is 10.1. The molecule has 2 heterocycles.